The zero-order valence-corrected chi connectivity index (χ0v) is 20.1. The fraction of sp³-hybridized carbons (Fsp3) is 0.481. The Kier molecular flexibility index (Phi) is 7.94. The highest BCUT2D eigenvalue weighted by Gasteiger charge is 2.15. The van der Waals surface area contributed by atoms with E-state index in [2.05, 4.69) is 62.7 Å². The first-order valence-corrected chi connectivity index (χ1v) is 11.8. The van der Waals surface area contributed by atoms with Gasteiger partial charge in [0.1, 0.15) is 18.2 Å². The molecule has 1 N–H and O–H groups in total. The molecule has 0 atom stereocenters. The summed E-state index contributed by atoms with van der Waals surface area (Å²) in [6, 6.07) is 16.5. The number of hydrogen-bond donors (Lipinski definition) is 1. The highest BCUT2D eigenvalue weighted by molar-refractivity contribution is 5.78. The topological polar surface area (TPSA) is 56.2 Å². The smallest absolute Gasteiger partial charge is 0.223 e. The third kappa shape index (κ3) is 5.90. The Labute approximate surface area is 192 Å². The van der Waals surface area contributed by atoms with Gasteiger partial charge in [0.15, 0.2) is 0 Å². The minimum Gasteiger partial charge on any atom is -0.492 e. The second-order valence-electron chi connectivity index (χ2n) is 9.35. The van der Waals surface area contributed by atoms with E-state index >= 15 is 0 Å². The number of nitrogens with one attached hydrogen (secondary N) is 1. The number of carbonyl (C=O) groups excluding carboxylic acids is 1. The quantitative estimate of drug-likeness (QED) is 0.457. The van der Waals surface area contributed by atoms with Gasteiger partial charge in [-0.15, -0.1) is 0 Å². The lowest BCUT2D eigenvalue weighted by molar-refractivity contribution is -0.125. The minimum absolute atomic E-state index is 0.0897. The van der Waals surface area contributed by atoms with Crippen LogP contribution in [0.5, 0.6) is 5.75 Å². The Morgan fingerprint density at radius 2 is 1.75 bits per heavy atom. The molecule has 0 fully saturated rings. The number of amides is 1. The van der Waals surface area contributed by atoms with Crippen LogP contribution in [-0.4, -0.2) is 28.6 Å². The van der Waals surface area contributed by atoms with Crippen molar-refractivity contribution in [1.29, 1.82) is 0 Å². The zero-order valence-electron chi connectivity index (χ0n) is 20.1. The second kappa shape index (κ2) is 10.7. The van der Waals surface area contributed by atoms with Crippen LogP contribution in [0.25, 0.3) is 11.0 Å². The molecule has 1 heterocycles. The van der Waals surface area contributed by atoms with Gasteiger partial charge < -0.3 is 14.6 Å². The Bertz CT molecular complexity index is 1010. The van der Waals surface area contributed by atoms with Crippen molar-refractivity contribution >= 4 is 16.9 Å². The number of hydrogen-bond acceptors (Lipinski definition) is 3. The Morgan fingerprint density at radius 3 is 2.41 bits per heavy atom. The molecule has 0 saturated heterocycles. The number of aromatic nitrogens is 2. The average molecular weight is 436 g/mol. The molecule has 0 bridgehead atoms. The molecule has 0 radical (unpaired) electrons. The van der Waals surface area contributed by atoms with Crippen molar-refractivity contribution in [1.82, 2.24) is 14.9 Å². The summed E-state index contributed by atoms with van der Waals surface area (Å²) in [6.45, 7) is 12.6. The van der Waals surface area contributed by atoms with E-state index in [1.54, 1.807) is 0 Å². The molecule has 0 aliphatic heterocycles. The lowest BCUT2D eigenvalue weighted by atomic mass is 9.87. The molecule has 5 nitrogen and oxygen atoms in total. The molecule has 32 heavy (non-hydrogen) atoms. The molecule has 1 aromatic heterocycles. The Hall–Kier alpha value is -2.82. The maximum Gasteiger partial charge on any atom is 0.223 e. The van der Waals surface area contributed by atoms with E-state index in [0.29, 0.717) is 26.1 Å². The van der Waals surface area contributed by atoms with Crippen LogP contribution in [-0.2, 0) is 23.2 Å². The van der Waals surface area contributed by atoms with Gasteiger partial charge in [0.2, 0.25) is 5.91 Å². The molecule has 0 saturated carbocycles. The van der Waals surface area contributed by atoms with Gasteiger partial charge in [0.05, 0.1) is 17.6 Å². The lowest BCUT2D eigenvalue weighted by Gasteiger charge is -2.19. The number of ether oxygens (including phenoxy) is 1. The number of benzene rings is 2. The molecular weight excluding hydrogens is 398 g/mol. The van der Waals surface area contributed by atoms with Gasteiger partial charge in [-0.1, -0.05) is 58.9 Å². The average Bonchev–Trinajstić information content (AvgIpc) is 3.12. The SMILES string of the molecule is CCC(CC)C(=O)NCCc1nc2ccccc2n1CCOc1ccc(C(C)(C)C)cc1. The van der Waals surface area contributed by atoms with E-state index in [-0.39, 0.29) is 17.2 Å². The molecular formula is C27H37N3O2. The fourth-order valence-corrected chi connectivity index (χ4v) is 3.97. The second-order valence-corrected chi connectivity index (χ2v) is 9.35. The van der Waals surface area contributed by atoms with Gasteiger partial charge in [-0.2, -0.15) is 0 Å². The Morgan fingerprint density at radius 1 is 1.06 bits per heavy atom. The molecule has 2 aromatic carbocycles. The molecule has 3 aromatic rings. The van der Waals surface area contributed by atoms with Crippen LogP contribution < -0.4 is 10.1 Å². The van der Waals surface area contributed by atoms with E-state index in [0.717, 1.165) is 35.4 Å². The monoisotopic (exact) mass is 435 g/mol. The van der Waals surface area contributed by atoms with E-state index in [4.69, 9.17) is 9.72 Å². The summed E-state index contributed by atoms with van der Waals surface area (Å²) in [7, 11) is 0. The van der Waals surface area contributed by atoms with Crippen LogP contribution >= 0.6 is 0 Å². The van der Waals surface area contributed by atoms with E-state index < -0.39 is 0 Å². The van der Waals surface area contributed by atoms with Gasteiger partial charge in [-0.25, -0.2) is 4.98 Å². The molecule has 3 rings (SSSR count). The standard InChI is InChI=1S/C27H37N3O2/c1-6-20(7-2)26(31)28-17-16-25-29-23-10-8-9-11-24(23)30(25)18-19-32-22-14-12-21(13-15-22)27(3,4)5/h8-15,20H,6-7,16-19H2,1-5H3,(H,28,31). The number of carbonyl (C=O) groups is 1. The largest absolute Gasteiger partial charge is 0.492 e. The number of para-hydroxylation sites is 2. The lowest BCUT2D eigenvalue weighted by Crippen LogP contribution is -2.32. The predicted molar refractivity (Wildman–Crippen MR) is 131 cm³/mol. The highest BCUT2D eigenvalue weighted by atomic mass is 16.5. The summed E-state index contributed by atoms with van der Waals surface area (Å²) >= 11 is 0. The van der Waals surface area contributed by atoms with Crippen LogP contribution in [0.2, 0.25) is 0 Å². The molecule has 0 unspecified atom stereocenters. The molecule has 1 amide bonds. The maximum absolute atomic E-state index is 12.3. The van der Waals surface area contributed by atoms with E-state index in [9.17, 15) is 4.79 Å². The molecule has 0 aliphatic carbocycles. The van der Waals surface area contributed by atoms with E-state index in [1.165, 1.54) is 5.56 Å². The first-order chi connectivity index (χ1) is 15.3. The number of fused-ring (bicyclic) bond motifs is 1. The van der Waals surface area contributed by atoms with Crippen molar-refractivity contribution in [3.05, 3.63) is 59.9 Å². The van der Waals surface area contributed by atoms with Gasteiger partial charge >= 0.3 is 0 Å². The molecule has 0 aliphatic rings. The highest BCUT2D eigenvalue weighted by Crippen LogP contribution is 2.24. The summed E-state index contributed by atoms with van der Waals surface area (Å²) in [5.41, 5.74) is 3.50. The van der Waals surface area contributed by atoms with Crippen LogP contribution in [0.4, 0.5) is 0 Å². The summed E-state index contributed by atoms with van der Waals surface area (Å²) in [4.78, 5) is 17.1. The minimum atomic E-state index is 0.0897. The number of nitrogens with zero attached hydrogens (tertiary/aromatic N) is 2. The van der Waals surface area contributed by atoms with Gasteiger partial charge in [-0.05, 0) is 48.1 Å². The summed E-state index contributed by atoms with van der Waals surface area (Å²) in [5.74, 6) is 2.08. The third-order valence-corrected chi connectivity index (χ3v) is 6.04. The van der Waals surface area contributed by atoms with Crippen molar-refractivity contribution in [2.45, 2.75) is 65.8 Å². The fourth-order valence-electron chi connectivity index (χ4n) is 3.97. The van der Waals surface area contributed by atoms with Crippen LogP contribution in [0, 0.1) is 5.92 Å². The predicted octanol–water partition coefficient (Wildman–Crippen LogP) is 5.51. The van der Waals surface area contributed by atoms with Crippen LogP contribution in [0.15, 0.2) is 48.5 Å². The summed E-state index contributed by atoms with van der Waals surface area (Å²) in [6.07, 6.45) is 2.44. The Balaban J connectivity index is 1.64. The molecule has 0 spiro atoms. The van der Waals surface area contributed by atoms with Crippen molar-refractivity contribution in [3.8, 4) is 5.75 Å². The van der Waals surface area contributed by atoms with Crippen molar-refractivity contribution in [2.24, 2.45) is 5.92 Å². The maximum atomic E-state index is 12.3. The molecule has 5 heteroatoms. The summed E-state index contributed by atoms with van der Waals surface area (Å²) < 4.78 is 8.25. The van der Waals surface area contributed by atoms with Crippen molar-refractivity contribution in [3.63, 3.8) is 0 Å². The number of rotatable bonds is 10. The van der Waals surface area contributed by atoms with Crippen LogP contribution in [0.1, 0.15) is 58.8 Å². The van der Waals surface area contributed by atoms with Crippen molar-refractivity contribution < 1.29 is 9.53 Å². The van der Waals surface area contributed by atoms with E-state index in [1.807, 2.05) is 30.3 Å². The number of imidazole rings is 1. The first-order valence-electron chi connectivity index (χ1n) is 11.8. The van der Waals surface area contributed by atoms with Gasteiger partial charge in [0.25, 0.3) is 0 Å². The normalized spacial score (nSPS) is 11.8. The van der Waals surface area contributed by atoms with Gasteiger partial charge in [0, 0.05) is 18.9 Å². The van der Waals surface area contributed by atoms with Gasteiger partial charge in [-0.3, -0.25) is 4.79 Å². The summed E-state index contributed by atoms with van der Waals surface area (Å²) in [5, 5.41) is 3.08. The first kappa shape index (κ1) is 23.8. The molecule has 172 valence electrons. The third-order valence-electron chi connectivity index (χ3n) is 6.04. The van der Waals surface area contributed by atoms with Crippen molar-refractivity contribution in [2.75, 3.05) is 13.2 Å². The van der Waals surface area contributed by atoms with Crippen LogP contribution in [0.3, 0.4) is 0 Å². The zero-order chi connectivity index (χ0) is 23.1.